The number of aromatic nitrogens is 3. The number of carbonyl (C=O) groups excluding carboxylic acids is 2. The van der Waals surface area contributed by atoms with Crippen molar-refractivity contribution in [3.8, 4) is 0 Å². The van der Waals surface area contributed by atoms with Crippen LogP contribution in [0.4, 0.5) is 0 Å². The molecule has 6 heteroatoms. The largest absolute Gasteiger partial charge is 0.466 e. The van der Waals surface area contributed by atoms with E-state index < -0.39 is 5.97 Å². The number of ketones is 1. The van der Waals surface area contributed by atoms with E-state index in [9.17, 15) is 9.59 Å². The van der Waals surface area contributed by atoms with Gasteiger partial charge in [0.05, 0.1) is 25.3 Å². The van der Waals surface area contributed by atoms with Crippen LogP contribution >= 0.6 is 0 Å². The first-order valence-corrected chi connectivity index (χ1v) is 6.77. The molecule has 2 rings (SSSR count). The Hall–Kier alpha value is -2.50. The van der Waals surface area contributed by atoms with Crippen LogP contribution in [0.2, 0.25) is 0 Å². The smallest absolute Gasteiger partial charge is 0.313 e. The van der Waals surface area contributed by atoms with E-state index in [1.807, 2.05) is 30.3 Å². The fraction of sp³-hybridized carbons (Fsp3) is 0.333. The highest BCUT2D eigenvalue weighted by atomic mass is 16.5. The maximum atomic E-state index is 11.7. The third-order valence-corrected chi connectivity index (χ3v) is 2.80. The minimum atomic E-state index is -0.501. The molecule has 1 aromatic carbocycles. The molecule has 0 spiro atoms. The predicted octanol–water partition coefficient (Wildman–Crippen LogP) is 1.39. The zero-order chi connectivity index (χ0) is 15.1. The lowest BCUT2D eigenvalue weighted by Gasteiger charge is -2.00. The monoisotopic (exact) mass is 287 g/mol. The Labute approximate surface area is 122 Å². The van der Waals surface area contributed by atoms with Crippen molar-refractivity contribution in [1.82, 2.24) is 15.0 Å². The van der Waals surface area contributed by atoms with Crippen molar-refractivity contribution in [3.63, 3.8) is 0 Å². The van der Waals surface area contributed by atoms with E-state index in [0.29, 0.717) is 12.2 Å². The summed E-state index contributed by atoms with van der Waals surface area (Å²) in [7, 11) is 0. The van der Waals surface area contributed by atoms with Crippen LogP contribution in [0, 0.1) is 0 Å². The van der Waals surface area contributed by atoms with E-state index in [1.54, 1.807) is 17.8 Å². The first-order valence-electron chi connectivity index (χ1n) is 6.77. The van der Waals surface area contributed by atoms with Crippen LogP contribution in [0.1, 0.15) is 24.6 Å². The number of rotatable bonds is 7. The number of nitrogens with zero attached hydrogens (tertiary/aromatic N) is 3. The van der Waals surface area contributed by atoms with Crippen LogP contribution < -0.4 is 0 Å². The first kappa shape index (κ1) is 14.9. The van der Waals surface area contributed by atoms with Gasteiger partial charge >= 0.3 is 5.97 Å². The second-order valence-electron chi connectivity index (χ2n) is 4.59. The molecule has 21 heavy (non-hydrogen) atoms. The van der Waals surface area contributed by atoms with Gasteiger partial charge in [0, 0.05) is 6.20 Å². The molecule has 0 saturated carbocycles. The summed E-state index contributed by atoms with van der Waals surface area (Å²) in [5.41, 5.74) is 1.66. The van der Waals surface area contributed by atoms with Crippen LogP contribution in [0.3, 0.4) is 0 Å². The van der Waals surface area contributed by atoms with E-state index in [1.165, 1.54) is 0 Å². The summed E-state index contributed by atoms with van der Waals surface area (Å²) in [5, 5.41) is 7.92. The van der Waals surface area contributed by atoms with Crippen molar-refractivity contribution in [1.29, 1.82) is 0 Å². The fourth-order valence-electron chi connectivity index (χ4n) is 1.90. The number of ether oxygens (including phenoxy) is 1. The third kappa shape index (κ3) is 4.83. The Morgan fingerprint density at radius 1 is 1.24 bits per heavy atom. The van der Waals surface area contributed by atoms with E-state index in [0.717, 1.165) is 5.56 Å². The SMILES string of the molecule is CCOC(=O)CC(=O)Cc1cn(Cc2ccccc2)nn1. The Morgan fingerprint density at radius 2 is 2.00 bits per heavy atom. The molecule has 6 nitrogen and oxygen atoms in total. The molecule has 0 unspecified atom stereocenters. The average molecular weight is 287 g/mol. The molecule has 0 radical (unpaired) electrons. The molecule has 0 bridgehead atoms. The van der Waals surface area contributed by atoms with Gasteiger partial charge in [-0.05, 0) is 12.5 Å². The molecule has 0 aliphatic carbocycles. The van der Waals surface area contributed by atoms with Crippen molar-refractivity contribution in [2.75, 3.05) is 6.61 Å². The lowest BCUT2D eigenvalue weighted by molar-refractivity contribution is -0.145. The molecule has 1 heterocycles. The first-order chi connectivity index (χ1) is 10.2. The molecule has 1 aromatic heterocycles. The van der Waals surface area contributed by atoms with Gasteiger partial charge in [0.2, 0.25) is 0 Å². The molecule has 0 fully saturated rings. The summed E-state index contributed by atoms with van der Waals surface area (Å²) < 4.78 is 6.40. The molecular weight excluding hydrogens is 270 g/mol. The lowest BCUT2D eigenvalue weighted by Crippen LogP contribution is -2.13. The summed E-state index contributed by atoms with van der Waals surface area (Å²) in [5.74, 6) is -0.723. The Balaban J connectivity index is 1.88. The molecule has 0 aliphatic rings. The van der Waals surface area contributed by atoms with Gasteiger partial charge < -0.3 is 4.74 Å². The average Bonchev–Trinajstić information content (AvgIpc) is 2.87. The summed E-state index contributed by atoms with van der Waals surface area (Å²) >= 11 is 0. The van der Waals surface area contributed by atoms with E-state index >= 15 is 0 Å². The summed E-state index contributed by atoms with van der Waals surface area (Å²) in [6.07, 6.45) is 1.59. The summed E-state index contributed by atoms with van der Waals surface area (Å²) in [6.45, 7) is 2.58. The topological polar surface area (TPSA) is 74.1 Å². The van der Waals surface area contributed by atoms with Gasteiger partial charge in [-0.2, -0.15) is 0 Å². The summed E-state index contributed by atoms with van der Waals surface area (Å²) in [6, 6.07) is 9.84. The van der Waals surface area contributed by atoms with Crippen molar-refractivity contribution >= 4 is 11.8 Å². The zero-order valence-electron chi connectivity index (χ0n) is 11.9. The van der Waals surface area contributed by atoms with Crippen molar-refractivity contribution in [2.24, 2.45) is 0 Å². The highest BCUT2D eigenvalue weighted by Gasteiger charge is 2.13. The number of carbonyl (C=O) groups is 2. The molecule has 0 atom stereocenters. The van der Waals surface area contributed by atoms with Gasteiger partial charge in [0.25, 0.3) is 0 Å². The van der Waals surface area contributed by atoms with Gasteiger partial charge in [-0.1, -0.05) is 35.5 Å². The van der Waals surface area contributed by atoms with E-state index in [2.05, 4.69) is 10.3 Å². The number of esters is 1. The maximum absolute atomic E-state index is 11.7. The van der Waals surface area contributed by atoms with E-state index in [-0.39, 0.29) is 25.2 Å². The van der Waals surface area contributed by atoms with Crippen LogP contribution in [-0.4, -0.2) is 33.4 Å². The van der Waals surface area contributed by atoms with Crippen LogP contribution in [0.15, 0.2) is 36.5 Å². The normalized spacial score (nSPS) is 10.3. The van der Waals surface area contributed by atoms with E-state index in [4.69, 9.17) is 4.74 Å². The molecular formula is C15H17N3O3. The number of hydrogen-bond acceptors (Lipinski definition) is 5. The second-order valence-corrected chi connectivity index (χ2v) is 4.59. The van der Waals surface area contributed by atoms with Gasteiger partial charge in [-0.3, -0.25) is 9.59 Å². The number of Topliss-reactive ketones (excluding diaryl/α,β-unsaturated/α-hetero) is 1. The van der Waals surface area contributed by atoms with Crippen molar-refractivity contribution in [3.05, 3.63) is 47.8 Å². The predicted molar refractivity (Wildman–Crippen MR) is 75.5 cm³/mol. The third-order valence-electron chi connectivity index (χ3n) is 2.80. The molecule has 0 N–H and O–H groups in total. The highest BCUT2D eigenvalue weighted by molar-refractivity contribution is 5.96. The quantitative estimate of drug-likeness (QED) is 0.568. The maximum Gasteiger partial charge on any atom is 0.313 e. The molecule has 0 aliphatic heterocycles. The summed E-state index contributed by atoms with van der Waals surface area (Å²) in [4.78, 5) is 22.9. The molecule has 0 saturated heterocycles. The Morgan fingerprint density at radius 3 is 2.71 bits per heavy atom. The highest BCUT2D eigenvalue weighted by Crippen LogP contribution is 2.04. The lowest BCUT2D eigenvalue weighted by atomic mass is 10.2. The van der Waals surface area contributed by atoms with Gasteiger partial charge in [0.1, 0.15) is 12.2 Å². The minimum absolute atomic E-state index is 0.0909. The van der Waals surface area contributed by atoms with Gasteiger partial charge in [0.15, 0.2) is 0 Å². The Bertz CT molecular complexity index is 608. The second kappa shape index (κ2) is 7.33. The molecule has 110 valence electrons. The number of hydrogen-bond donors (Lipinski definition) is 0. The van der Waals surface area contributed by atoms with Crippen LogP contribution in [0.25, 0.3) is 0 Å². The number of benzene rings is 1. The molecule has 0 amide bonds. The molecule has 2 aromatic rings. The van der Waals surface area contributed by atoms with Crippen LogP contribution in [0.5, 0.6) is 0 Å². The van der Waals surface area contributed by atoms with Crippen LogP contribution in [-0.2, 0) is 27.3 Å². The van der Waals surface area contributed by atoms with Crippen molar-refractivity contribution in [2.45, 2.75) is 26.3 Å². The van der Waals surface area contributed by atoms with Gasteiger partial charge in [-0.15, -0.1) is 5.10 Å². The minimum Gasteiger partial charge on any atom is -0.466 e. The fourth-order valence-corrected chi connectivity index (χ4v) is 1.90. The van der Waals surface area contributed by atoms with Crippen molar-refractivity contribution < 1.29 is 14.3 Å². The van der Waals surface area contributed by atoms with Gasteiger partial charge in [-0.25, -0.2) is 4.68 Å². The standard InChI is InChI=1S/C15H17N3O3/c1-2-21-15(20)9-14(19)8-13-11-18(17-16-13)10-12-6-4-3-5-7-12/h3-7,11H,2,8-10H2,1H3. The Kier molecular flexibility index (Phi) is 5.20. The zero-order valence-corrected chi connectivity index (χ0v) is 11.9.